The summed E-state index contributed by atoms with van der Waals surface area (Å²) < 4.78 is 5.53. The molecule has 1 N–H and O–H groups in total. The number of rotatable bonds is 6. The van der Waals surface area contributed by atoms with Crippen molar-refractivity contribution in [3.8, 4) is 0 Å². The van der Waals surface area contributed by atoms with Crippen LogP contribution in [0.1, 0.15) is 31.3 Å². The Morgan fingerprint density at radius 3 is 3.06 bits per heavy atom. The SMILES string of the molecule is CCCN1CCC(CNCc2ccc(C)o2)C1. The third kappa shape index (κ3) is 3.86. The normalized spacial score (nSPS) is 21.2. The number of likely N-dealkylation sites (tertiary alicyclic amines) is 1. The molecular weight excluding hydrogens is 212 g/mol. The van der Waals surface area contributed by atoms with Crippen molar-refractivity contribution in [2.75, 3.05) is 26.2 Å². The summed E-state index contributed by atoms with van der Waals surface area (Å²) >= 11 is 0. The molecule has 1 unspecified atom stereocenters. The van der Waals surface area contributed by atoms with Crippen LogP contribution < -0.4 is 5.32 Å². The van der Waals surface area contributed by atoms with E-state index in [1.807, 2.05) is 13.0 Å². The largest absolute Gasteiger partial charge is 0.465 e. The van der Waals surface area contributed by atoms with Gasteiger partial charge in [-0.15, -0.1) is 0 Å². The van der Waals surface area contributed by atoms with Gasteiger partial charge in [0.15, 0.2) is 0 Å². The summed E-state index contributed by atoms with van der Waals surface area (Å²) in [5.74, 6) is 2.86. The molecule has 2 rings (SSSR count). The molecule has 0 spiro atoms. The maximum atomic E-state index is 5.53. The van der Waals surface area contributed by atoms with Gasteiger partial charge in [-0.1, -0.05) is 6.92 Å². The summed E-state index contributed by atoms with van der Waals surface area (Å²) in [5.41, 5.74) is 0. The zero-order valence-corrected chi connectivity index (χ0v) is 11.0. The maximum Gasteiger partial charge on any atom is 0.117 e. The lowest BCUT2D eigenvalue weighted by molar-refractivity contribution is 0.321. The smallest absolute Gasteiger partial charge is 0.117 e. The number of hydrogen-bond donors (Lipinski definition) is 1. The summed E-state index contributed by atoms with van der Waals surface area (Å²) in [6.45, 7) is 10.0. The van der Waals surface area contributed by atoms with E-state index in [0.29, 0.717) is 0 Å². The first-order valence-electron chi connectivity index (χ1n) is 6.76. The van der Waals surface area contributed by atoms with Gasteiger partial charge in [0.2, 0.25) is 0 Å². The maximum absolute atomic E-state index is 5.53. The minimum absolute atomic E-state index is 0.817. The standard InChI is InChI=1S/C14H24N2O/c1-3-7-16-8-6-13(11-16)9-15-10-14-5-4-12(2)17-14/h4-5,13,15H,3,6-11H2,1-2H3. The molecule has 0 saturated carbocycles. The number of furan rings is 1. The van der Waals surface area contributed by atoms with Crippen LogP contribution in [0.5, 0.6) is 0 Å². The molecule has 0 bridgehead atoms. The van der Waals surface area contributed by atoms with Crippen LogP contribution in [0.2, 0.25) is 0 Å². The van der Waals surface area contributed by atoms with Crippen LogP contribution in [-0.2, 0) is 6.54 Å². The van der Waals surface area contributed by atoms with Crippen LogP contribution in [0.25, 0.3) is 0 Å². The molecule has 96 valence electrons. The average Bonchev–Trinajstić information content (AvgIpc) is 2.89. The highest BCUT2D eigenvalue weighted by atomic mass is 16.3. The predicted molar refractivity (Wildman–Crippen MR) is 70.0 cm³/mol. The van der Waals surface area contributed by atoms with E-state index in [-0.39, 0.29) is 0 Å². The Morgan fingerprint density at radius 1 is 1.47 bits per heavy atom. The van der Waals surface area contributed by atoms with Crippen molar-refractivity contribution in [3.05, 3.63) is 23.7 Å². The molecule has 0 aromatic carbocycles. The molecule has 1 aromatic rings. The van der Waals surface area contributed by atoms with Gasteiger partial charge >= 0.3 is 0 Å². The van der Waals surface area contributed by atoms with Gasteiger partial charge < -0.3 is 14.6 Å². The van der Waals surface area contributed by atoms with Crippen LogP contribution in [0.4, 0.5) is 0 Å². The van der Waals surface area contributed by atoms with Crippen LogP contribution in [-0.4, -0.2) is 31.1 Å². The van der Waals surface area contributed by atoms with Crippen molar-refractivity contribution in [1.29, 1.82) is 0 Å². The second-order valence-electron chi connectivity index (χ2n) is 5.10. The molecule has 1 saturated heterocycles. The Kier molecular flexibility index (Phi) is 4.63. The van der Waals surface area contributed by atoms with E-state index in [0.717, 1.165) is 30.5 Å². The Hall–Kier alpha value is -0.800. The molecule has 0 aliphatic carbocycles. The monoisotopic (exact) mass is 236 g/mol. The number of nitrogens with zero attached hydrogens (tertiary/aromatic N) is 1. The van der Waals surface area contributed by atoms with E-state index >= 15 is 0 Å². The Labute approximate surface area is 104 Å². The lowest BCUT2D eigenvalue weighted by Crippen LogP contribution is -2.26. The molecule has 1 aliphatic heterocycles. The predicted octanol–water partition coefficient (Wildman–Crippen LogP) is 2.41. The van der Waals surface area contributed by atoms with Crippen molar-refractivity contribution in [2.24, 2.45) is 5.92 Å². The highest BCUT2D eigenvalue weighted by Crippen LogP contribution is 2.15. The topological polar surface area (TPSA) is 28.4 Å². The lowest BCUT2D eigenvalue weighted by atomic mass is 10.1. The number of nitrogens with one attached hydrogen (secondary N) is 1. The molecule has 0 amide bonds. The van der Waals surface area contributed by atoms with Crippen molar-refractivity contribution in [3.63, 3.8) is 0 Å². The molecule has 2 heterocycles. The fourth-order valence-electron chi connectivity index (χ4n) is 2.58. The molecule has 1 aromatic heterocycles. The molecular formula is C14H24N2O. The van der Waals surface area contributed by atoms with Crippen molar-refractivity contribution >= 4 is 0 Å². The third-order valence-corrected chi connectivity index (χ3v) is 3.44. The van der Waals surface area contributed by atoms with Crippen LogP contribution in [0.15, 0.2) is 16.5 Å². The highest BCUT2D eigenvalue weighted by molar-refractivity contribution is 5.05. The van der Waals surface area contributed by atoms with Gasteiger partial charge in [0.1, 0.15) is 11.5 Å². The van der Waals surface area contributed by atoms with E-state index in [9.17, 15) is 0 Å². The van der Waals surface area contributed by atoms with Gasteiger partial charge in [-0.2, -0.15) is 0 Å². The first kappa shape index (κ1) is 12.7. The molecule has 1 fully saturated rings. The van der Waals surface area contributed by atoms with E-state index in [1.165, 1.54) is 32.5 Å². The van der Waals surface area contributed by atoms with Crippen molar-refractivity contribution < 1.29 is 4.42 Å². The van der Waals surface area contributed by atoms with Crippen LogP contribution in [0, 0.1) is 12.8 Å². The number of aryl methyl sites for hydroxylation is 1. The average molecular weight is 236 g/mol. The van der Waals surface area contributed by atoms with Crippen LogP contribution >= 0.6 is 0 Å². The molecule has 3 nitrogen and oxygen atoms in total. The van der Waals surface area contributed by atoms with Gasteiger partial charge in [-0.05, 0) is 57.5 Å². The zero-order chi connectivity index (χ0) is 12.1. The summed E-state index contributed by atoms with van der Waals surface area (Å²) in [5, 5.41) is 3.50. The van der Waals surface area contributed by atoms with Gasteiger partial charge in [0, 0.05) is 6.54 Å². The second-order valence-corrected chi connectivity index (χ2v) is 5.10. The van der Waals surface area contributed by atoms with Crippen molar-refractivity contribution in [1.82, 2.24) is 10.2 Å². The summed E-state index contributed by atoms with van der Waals surface area (Å²) in [7, 11) is 0. The second kappa shape index (κ2) is 6.22. The molecule has 1 aliphatic rings. The van der Waals surface area contributed by atoms with Crippen molar-refractivity contribution in [2.45, 2.75) is 33.2 Å². The van der Waals surface area contributed by atoms with E-state index in [2.05, 4.69) is 23.2 Å². The minimum Gasteiger partial charge on any atom is -0.465 e. The fraction of sp³-hybridized carbons (Fsp3) is 0.714. The molecule has 17 heavy (non-hydrogen) atoms. The molecule has 3 heteroatoms. The lowest BCUT2D eigenvalue weighted by Gasteiger charge is -2.14. The molecule has 1 atom stereocenters. The Balaban J connectivity index is 1.63. The highest BCUT2D eigenvalue weighted by Gasteiger charge is 2.20. The first-order chi connectivity index (χ1) is 8.28. The van der Waals surface area contributed by atoms with Gasteiger partial charge in [-0.3, -0.25) is 0 Å². The third-order valence-electron chi connectivity index (χ3n) is 3.44. The zero-order valence-electron chi connectivity index (χ0n) is 11.0. The van der Waals surface area contributed by atoms with Gasteiger partial charge in [0.25, 0.3) is 0 Å². The first-order valence-corrected chi connectivity index (χ1v) is 6.76. The Morgan fingerprint density at radius 2 is 2.35 bits per heavy atom. The quantitative estimate of drug-likeness (QED) is 0.822. The number of hydrogen-bond acceptors (Lipinski definition) is 3. The summed E-state index contributed by atoms with van der Waals surface area (Å²) in [6, 6.07) is 4.08. The van der Waals surface area contributed by atoms with E-state index in [4.69, 9.17) is 4.42 Å². The van der Waals surface area contributed by atoms with Gasteiger partial charge in [0.05, 0.1) is 6.54 Å². The fourth-order valence-corrected chi connectivity index (χ4v) is 2.58. The van der Waals surface area contributed by atoms with E-state index < -0.39 is 0 Å². The van der Waals surface area contributed by atoms with Crippen LogP contribution in [0.3, 0.4) is 0 Å². The van der Waals surface area contributed by atoms with Gasteiger partial charge in [-0.25, -0.2) is 0 Å². The summed E-state index contributed by atoms with van der Waals surface area (Å²) in [4.78, 5) is 2.57. The Bertz CT molecular complexity index is 335. The van der Waals surface area contributed by atoms with E-state index in [1.54, 1.807) is 0 Å². The minimum atomic E-state index is 0.817. The molecule has 0 radical (unpaired) electrons. The summed E-state index contributed by atoms with van der Waals surface area (Å²) in [6.07, 6.45) is 2.61.